The molecule has 6 heteroatoms. The van der Waals surface area contributed by atoms with Crippen molar-refractivity contribution in [1.29, 1.82) is 0 Å². The molecule has 0 aliphatic carbocycles. The van der Waals surface area contributed by atoms with Crippen LogP contribution in [0.3, 0.4) is 0 Å². The Balaban J connectivity index is 2.61. The van der Waals surface area contributed by atoms with Crippen molar-refractivity contribution in [2.45, 2.75) is 32.2 Å². The van der Waals surface area contributed by atoms with E-state index in [1.165, 1.54) is 6.33 Å². The summed E-state index contributed by atoms with van der Waals surface area (Å²) in [6.07, 6.45) is 3.41. The van der Waals surface area contributed by atoms with Gasteiger partial charge in [-0.3, -0.25) is 0 Å². The number of aromatic nitrogens is 2. The van der Waals surface area contributed by atoms with Crippen molar-refractivity contribution in [2.75, 3.05) is 19.0 Å². The van der Waals surface area contributed by atoms with Crippen LogP contribution in [0, 0.1) is 0 Å². The molecule has 0 aliphatic heterocycles. The first-order chi connectivity index (χ1) is 8.67. The van der Waals surface area contributed by atoms with E-state index in [9.17, 15) is 4.79 Å². The first kappa shape index (κ1) is 14.4. The van der Waals surface area contributed by atoms with Crippen LogP contribution in [0.5, 0.6) is 0 Å². The monoisotopic (exact) mass is 253 g/mol. The van der Waals surface area contributed by atoms with Crippen LogP contribution in [0.4, 0.5) is 5.82 Å². The molecule has 0 spiro atoms. The molecule has 1 aromatic rings. The minimum absolute atomic E-state index is 0.495. The van der Waals surface area contributed by atoms with Crippen molar-refractivity contribution >= 4 is 11.8 Å². The summed E-state index contributed by atoms with van der Waals surface area (Å²) in [5.41, 5.74) is 0.883. The second kappa shape index (κ2) is 7.60. The first-order valence-corrected chi connectivity index (χ1v) is 5.96. The summed E-state index contributed by atoms with van der Waals surface area (Å²) in [5, 5.41) is 12.0. The zero-order chi connectivity index (χ0) is 13.4. The summed E-state index contributed by atoms with van der Waals surface area (Å²) in [4.78, 5) is 19.2. The molecule has 0 aromatic carbocycles. The zero-order valence-electron chi connectivity index (χ0n) is 10.7. The molecule has 0 bridgehead atoms. The Morgan fingerprint density at radius 2 is 2.33 bits per heavy atom. The average Bonchev–Trinajstić information content (AvgIpc) is 2.38. The number of hydrogen-bond acceptors (Lipinski definition) is 5. The topological polar surface area (TPSA) is 84.3 Å². The summed E-state index contributed by atoms with van der Waals surface area (Å²) in [7, 11) is 1.60. The Labute approximate surface area is 106 Å². The number of nitrogens with one attached hydrogen (secondary N) is 1. The van der Waals surface area contributed by atoms with E-state index in [2.05, 4.69) is 15.3 Å². The van der Waals surface area contributed by atoms with Crippen molar-refractivity contribution in [3.63, 3.8) is 0 Å². The SMILES string of the molecule is CCc1cc(NC(CCCOC)C(=O)O)ncn1. The van der Waals surface area contributed by atoms with E-state index in [0.717, 1.165) is 12.1 Å². The summed E-state index contributed by atoms with van der Waals surface area (Å²) in [6.45, 7) is 2.54. The highest BCUT2D eigenvalue weighted by Gasteiger charge is 2.17. The normalized spacial score (nSPS) is 12.1. The quantitative estimate of drug-likeness (QED) is 0.680. The molecule has 2 N–H and O–H groups in total. The molecule has 0 amide bonds. The van der Waals surface area contributed by atoms with Gasteiger partial charge in [-0.05, 0) is 19.3 Å². The van der Waals surface area contributed by atoms with Crippen LogP contribution in [-0.2, 0) is 16.0 Å². The van der Waals surface area contributed by atoms with E-state index in [1.807, 2.05) is 6.92 Å². The van der Waals surface area contributed by atoms with E-state index in [4.69, 9.17) is 9.84 Å². The second-order valence-electron chi connectivity index (χ2n) is 3.92. The maximum absolute atomic E-state index is 11.1. The number of rotatable bonds is 8. The van der Waals surface area contributed by atoms with Gasteiger partial charge < -0.3 is 15.2 Å². The number of aryl methyl sites for hydroxylation is 1. The second-order valence-corrected chi connectivity index (χ2v) is 3.92. The molecule has 0 fully saturated rings. The summed E-state index contributed by atoms with van der Waals surface area (Å²) in [5.74, 6) is -0.338. The van der Waals surface area contributed by atoms with E-state index in [-0.39, 0.29) is 0 Å². The highest BCUT2D eigenvalue weighted by Crippen LogP contribution is 2.09. The van der Waals surface area contributed by atoms with Gasteiger partial charge >= 0.3 is 5.97 Å². The van der Waals surface area contributed by atoms with Crippen molar-refractivity contribution in [1.82, 2.24) is 9.97 Å². The Morgan fingerprint density at radius 3 is 2.94 bits per heavy atom. The first-order valence-electron chi connectivity index (χ1n) is 5.96. The molecule has 1 heterocycles. The third-order valence-corrected chi connectivity index (χ3v) is 2.55. The Morgan fingerprint density at radius 1 is 1.56 bits per heavy atom. The molecule has 100 valence electrons. The molecule has 1 unspecified atom stereocenters. The minimum atomic E-state index is -0.886. The third kappa shape index (κ3) is 4.67. The Bertz CT molecular complexity index is 385. The number of aliphatic carboxylic acids is 1. The molecule has 1 atom stereocenters. The van der Waals surface area contributed by atoms with Crippen LogP contribution in [0.25, 0.3) is 0 Å². The van der Waals surface area contributed by atoms with Crippen molar-refractivity contribution < 1.29 is 14.6 Å². The lowest BCUT2D eigenvalue weighted by atomic mass is 10.1. The highest BCUT2D eigenvalue weighted by atomic mass is 16.5. The fourth-order valence-corrected chi connectivity index (χ4v) is 1.54. The molecule has 0 saturated carbocycles. The number of carbonyl (C=O) groups is 1. The lowest BCUT2D eigenvalue weighted by Gasteiger charge is -2.14. The fraction of sp³-hybridized carbons (Fsp3) is 0.583. The molecule has 6 nitrogen and oxygen atoms in total. The van der Waals surface area contributed by atoms with Gasteiger partial charge in [0.25, 0.3) is 0 Å². The molecule has 0 saturated heterocycles. The zero-order valence-corrected chi connectivity index (χ0v) is 10.7. The van der Waals surface area contributed by atoms with E-state index in [0.29, 0.717) is 25.3 Å². The van der Waals surface area contributed by atoms with Crippen molar-refractivity contribution in [3.05, 3.63) is 18.1 Å². The van der Waals surface area contributed by atoms with Crippen LogP contribution >= 0.6 is 0 Å². The van der Waals surface area contributed by atoms with E-state index < -0.39 is 12.0 Å². The van der Waals surface area contributed by atoms with Gasteiger partial charge in [0, 0.05) is 25.5 Å². The standard InChI is InChI=1S/C12H19N3O3/c1-3-9-7-11(14-8-13-9)15-10(12(16)17)5-4-6-18-2/h7-8,10H,3-6H2,1-2H3,(H,16,17)(H,13,14,15). The van der Waals surface area contributed by atoms with Gasteiger partial charge in [-0.2, -0.15) is 0 Å². The van der Waals surface area contributed by atoms with Gasteiger partial charge in [-0.1, -0.05) is 6.92 Å². The van der Waals surface area contributed by atoms with Gasteiger partial charge in [0.2, 0.25) is 0 Å². The maximum Gasteiger partial charge on any atom is 0.326 e. The predicted molar refractivity (Wildman–Crippen MR) is 67.6 cm³/mol. The van der Waals surface area contributed by atoms with Crippen LogP contribution in [0.2, 0.25) is 0 Å². The number of ether oxygens (including phenoxy) is 1. The van der Waals surface area contributed by atoms with Crippen LogP contribution in [0.15, 0.2) is 12.4 Å². The molecule has 0 aliphatic rings. The smallest absolute Gasteiger partial charge is 0.326 e. The Hall–Kier alpha value is -1.69. The van der Waals surface area contributed by atoms with Gasteiger partial charge in [0.15, 0.2) is 0 Å². The van der Waals surface area contributed by atoms with Gasteiger partial charge in [-0.15, -0.1) is 0 Å². The number of methoxy groups -OCH3 is 1. The largest absolute Gasteiger partial charge is 0.480 e. The van der Waals surface area contributed by atoms with Crippen LogP contribution in [0.1, 0.15) is 25.5 Å². The number of carboxylic acid groups (broad SMARTS) is 1. The van der Waals surface area contributed by atoms with Crippen LogP contribution < -0.4 is 5.32 Å². The van der Waals surface area contributed by atoms with Gasteiger partial charge in [0.1, 0.15) is 18.2 Å². The molecule has 1 aromatic heterocycles. The van der Waals surface area contributed by atoms with E-state index >= 15 is 0 Å². The maximum atomic E-state index is 11.1. The van der Waals surface area contributed by atoms with Crippen molar-refractivity contribution in [3.8, 4) is 0 Å². The summed E-state index contributed by atoms with van der Waals surface area (Å²) < 4.78 is 4.91. The molecular formula is C12H19N3O3. The number of anilines is 1. The Kier molecular flexibility index (Phi) is 6.07. The van der Waals surface area contributed by atoms with Gasteiger partial charge in [0.05, 0.1) is 0 Å². The van der Waals surface area contributed by atoms with E-state index in [1.54, 1.807) is 13.2 Å². The number of nitrogens with zero attached hydrogens (tertiary/aromatic N) is 2. The number of carboxylic acids is 1. The lowest BCUT2D eigenvalue weighted by molar-refractivity contribution is -0.138. The summed E-state index contributed by atoms with van der Waals surface area (Å²) in [6, 6.07) is 1.12. The molecule has 18 heavy (non-hydrogen) atoms. The molecular weight excluding hydrogens is 234 g/mol. The van der Waals surface area contributed by atoms with Crippen molar-refractivity contribution in [2.24, 2.45) is 0 Å². The minimum Gasteiger partial charge on any atom is -0.480 e. The fourth-order valence-electron chi connectivity index (χ4n) is 1.54. The molecule has 0 radical (unpaired) electrons. The van der Waals surface area contributed by atoms with Gasteiger partial charge in [-0.25, -0.2) is 14.8 Å². The average molecular weight is 253 g/mol. The predicted octanol–water partition coefficient (Wildman–Crippen LogP) is 1.33. The third-order valence-electron chi connectivity index (χ3n) is 2.55. The highest BCUT2D eigenvalue weighted by molar-refractivity contribution is 5.76. The van der Waals surface area contributed by atoms with Crippen LogP contribution in [-0.4, -0.2) is 40.8 Å². The molecule has 1 rings (SSSR count). The lowest BCUT2D eigenvalue weighted by Crippen LogP contribution is -2.30. The number of hydrogen-bond donors (Lipinski definition) is 2. The summed E-state index contributed by atoms with van der Waals surface area (Å²) >= 11 is 0.